The van der Waals surface area contributed by atoms with Gasteiger partial charge in [0.1, 0.15) is 16.7 Å². The minimum atomic E-state index is 0.562. The molecule has 0 aliphatic carbocycles. The molecule has 0 fully saturated rings. The molecule has 0 atom stereocenters. The molecule has 0 bridgehead atoms. The number of furan rings is 1. The molecule has 0 radical (unpaired) electrons. The van der Waals surface area contributed by atoms with Crippen LogP contribution in [0.5, 0.6) is 0 Å². The smallest absolute Gasteiger partial charge is 0.227 e. The third-order valence-corrected chi connectivity index (χ3v) is 9.14. The third kappa shape index (κ3) is 4.81. The summed E-state index contributed by atoms with van der Waals surface area (Å²) in [6, 6.07) is 53.2. The average molecular weight is 643 g/mol. The Bertz CT molecular complexity index is 2860. The van der Waals surface area contributed by atoms with E-state index in [-0.39, 0.29) is 0 Å². The van der Waals surface area contributed by atoms with Gasteiger partial charge in [-0.05, 0) is 58.3 Å². The number of benzene rings is 7. The minimum Gasteiger partial charge on any atom is -0.456 e. The molecule has 7 aromatic carbocycles. The predicted octanol–water partition coefficient (Wildman–Crippen LogP) is 11.4. The van der Waals surface area contributed by atoms with Gasteiger partial charge < -0.3 is 8.83 Å². The van der Waals surface area contributed by atoms with Gasteiger partial charge in [-0.2, -0.15) is 0 Å². The van der Waals surface area contributed by atoms with E-state index in [0.29, 0.717) is 34.5 Å². The van der Waals surface area contributed by atoms with Crippen LogP contribution in [0.3, 0.4) is 0 Å². The number of nitrogens with zero attached hydrogens (tertiary/aromatic N) is 4. The molecule has 0 amide bonds. The molecular formula is C44H26N4O2. The van der Waals surface area contributed by atoms with Gasteiger partial charge in [-0.25, -0.2) is 19.9 Å². The molecule has 10 aromatic rings. The number of fused-ring (bicyclic) bond motifs is 5. The van der Waals surface area contributed by atoms with Crippen LogP contribution in [0, 0.1) is 0 Å². The lowest BCUT2D eigenvalue weighted by Gasteiger charge is -2.10. The van der Waals surface area contributed by atoms with Crippen molar-refractivity contribution in [1.29, 1.82) is 0 Å². The molecule has 50 heavy (non-hydrogen) atoms. The molecule has 3 aromatic heterocycles. The normalized spacial score (nSPS) is 11.6. The Hall–Kier alpha value is -6.92. The number of oxazole rings is 1. The molecule has 234 valence electrons. The highest BCUT2D eigenvalue weighted by atomic mass is 16.4. The molecule has 0 aliphatic rings. The van der Waals surface area contributed by atoms with E-state index in [9.17, 15) is 0 Å². The van der Waals surface area contributed by atoms with Gasteiger partial charge in [0.2, 0.25) is 5.89 Å². The van der Waals surface area contributed by atoms with Crippen molar-refractivity contribution in [3.8, 4) is 56.7 Å². The van der Waals surface area contributed by atoms with E-state index < -0.39 is 0 Å². The van der Waals surface area contributed by atoms with E-state index in [1.807, 2.05) is 97.1 Å². The Morgan fingerprint density at radius 3 is 1.72 bits per heavy atom. The van der Waals surface area contributed by atoms with E-state index in [2.05, 4.69) is 60.7 Å². The Kier molecular flexibility index (Phi) is 6.39. The van der Waals surface area contributed by atoms with Crippen LogP contribution in [0.15, 0.2) is 167 Å². The zero-order valence-corrected chi connectivity index (χ0v) is 26.6. The summed E-state index contributed by atoms with van der Waals surface area (Å²) in [5, 5.41) is 4.09. The molecule has 10 rings (SSSR count). The largest absolute Gasteiger partial charge is 0.456 e. The van der Waals surface area contributed by atoms with Gasteiger partial charge in [0.25, 0.3) is 0 Å². The number of hydrogen-bond donors (Lipinski definition) is 0. The number of hydrogen-bond acceptors (Lipinski definition) is 6. The lowest BCUT2D eigenvalue weighted by atomic mass is 10.00. The summed E-state index contributed by atoms with van der Waals surface area (Å²) in [6.07, 6.45) is 0. The standard InChI is InChI=1S/C44H26N4O2/c1-4-11-27(12-5-1)30-19-20-32-24-33(22-21-31(32)23-30)42-46-41(28-13-6-2-7-14-28)47-43(48-42)34-17-10-18-37-40(34)35-25-36-39(26-38(35)49-37)50-44(45-36)29-15-8-3-9-16-29/h1-26H. The van der Waals surface area contributed by atoms with Gasteiger partial charge in [0.15, 0.2) is 23.1 Å². The van der Waals surface area contributed by atoms with Crippen LogP contribution in [0.4, 0.5) is 0 Å². The first kappa shape index (κ1) is 28.1. The van der Waals surface area contributed by atoms with E-state index in [1.54, 1.807) is 0 Å². The zero-order valence-electron chi connectivity index (χ0n) is 26.6. The fourth-order valence-electron chi connectivity index (χ4n) is 6.67. The Balaban J connectivity index is 1.14. The molecule has 0 saturated carbocycles. The lowest BCUT2D eigenvalue weighted by molar-refractivity contribution is 0.617. The highest BCUT2D eigenvalue weighted by Gasteiger charge is 2.20. The van der Waals surface area contributed by atoms with Crippen molar-refractivity contribution in [3.63, 3.8) is 0 Å². The quantitative estimate of drug-likeness (QED) is 0.186. The van der Waals surface area contributed by atoms with Crippen LogP contribution in [-0.2, 0) is 0 Å². The van der Waals surface area contributed by atoms with Crippen LogP contribution in [0.1, 0.15) is 0 Å². The van der Waals surface area contributed by atoms with Gasteiger partial charge in [-0.3, -0.25) is 0 Å². The second kappa shape index (κ2) is 11.4. The highest BCUT2D eigenvalue weighted by Crippen LogP contribution is 2.39. The Labute approximate surface area is 286 Å². The second-order valence-corrected chi connectivity index (χ2v) is 12.3. The van der Waals surface area contributed by atoms with Crippen molar-refractivity contribution >= 4 is 43.8 Å². The maximum absolute atomic E-state index is 6.40. The Morgan fingerprint density at radius 2 is 0.980 bits per heavy atom. The fourth-order valence-corrected chi connectivity index (χ4v) is 6.67. The molecule has 0 saturated heterocycles. The third-order valence-electron chi connectivity index (χ3n) is 9.14. The predicted molar refractivity (Wildman–Crippen MR) is 199 cm³/mol. The van der Waals surface area contributed by atoms with Crippen LogP contribution in [0.25, 0.3) is 101 Å². The average Bonchev–Trinajstić information content (AvgIpc) is 3.78. The van der Waals surface area contributed by atoms with Crippen LogP contribution in [-0.4, -0.2) is 19.9 Å². The fraction of sp³-hybridized carbons (Fsp3) is 0. The summed E-state index contributed by atoms with van der Waals surface area (Å²) in [5.41, 5.74) is 8.81. The zero-order chi connectivity index (χ0) is 33.0. The van der Waals surface area contributed by atoms with Gasteiger partial charge in [-0.1, -0.05) is 115 Å². The molecule has 0 N–H and O–H groups in total. The maximum atomic E-state index is 6.40. The van der Waals surface area contributed by atoms with E-state index >= 15 is 0 Å². The maximum Gasteiger partial charge on any atom is 0.227 e. The van der Waals surface area contributed by atoms with Gasteiger partial charge in [0, 0.05) is 39.1 Å². The number of rotatable bonds is 5. The summed E-state index contributed by atoms with van der Waals surface area (Å²) in [6.45, 7) is 0. The van der Waals surface area contributed by atoms with Crippen LogP contribution in [0.2, 0.25) is 0 Å². The summed E-state index contributed by atoms with van der Waals surface area (Å²) >= 11 is 0. The number of aromatic nitrogens is 4. The minimum absolute atomic E-state index is 0.562. The topological polar surface area (TPSA) is 77.8 Å². The van der Waals surface area contributed by atoms with Crippen molar-refractivity contribution < 1.29 is 8.83 Å². The summed E-state index contributed by atoms with van der Waals surface area (Å²) in [5.74, 6) is 2.33. The van der Waals surface area contributed by atoms with E-state index in [0.717, 1.165) is 54.9 Å². The molecule has 6 heteroatoms. The first-order valence-corrected chi connectivity index (χ1v) is 16.5. The molecule has 0 aliphatic heterocycles. The van der Waals surface area contributed by atoms with Crippen LogP contribution < -0.4 is 0 Å². The SMILES string of the molecule is c1ccc(-c2ccc3cc(-c4nc(-c5ccccc5)nc(-c5cccc6oc7cc8oc(-c9ccccc9)nc8cc7c56)n4)ccc3c2)cc1. The van der Waals surface area contributed by atoms with Gasteiger partial charge in [-0.15, -0.1) is 0 Å². The molecule has 6 nitrogen and oxygen atoms in total. The first-order valence-electron chi connectivity index (χ1n) is 16.5. The van der Waals surface area contributed by atoms with E-state index in [1.165, 1.54) is 11.1 Å². The van der Waals surface area contributed by atoms with Crippen molar-refractivity contribution in [1.82, 2.24) is 19.9 Å². The Morgan fingerprint density at radius 1 is 0.360 bits per heavy atom. The van der Waals surface area contributed by atoms with Crippen molar-refractivity contribution in [2.75, 3.05) is 0 Å². The van der Waals surface area contributed by atoms with Gasteiger partial charge in [0.05, 0.1) is 0 Å². The molecule has 3 heterocycles. The summed E-state index contributed by atoms with van der Waals surface area (Å²) in [7, 11) is 0. The highest BCUT2D eigenvalue weighted by molar-refractivity contribution is 6.14. The molecule has 0 unspecified atom stereocenters. The van der Waals surface area contributed by atoms with Gasteiger partial charge >= 0.3 is 0 Å². The monoisotopic (exact) mass is 642 g/mol. The van der Waals surface area contributed by atoms with Crippen molar-refractivity contribution in [3.05, 3.63) is 158 Å². The van der Waals surface area contributed by atoms with E-state index in [4.69, 9.17) is 28.8 Å². The molecule has 0 spiro atoms. The van der Waals surface area contributed by atoms with Crippen LogP contribution >= 0.6 is 0 Å². The van der Waals surface area contributed by atoms with Crippen molar-refractivity contribution in [2.24, 2.45) is 0 Å². The second-order valence-electron chi connectivity index (χ2n) is 12.3. The summed E-state index contributed by atoms with van der Waals surface area (Å²) in [4.78, 5) is 20.0. The lowest BCUT2D eigenvalue weighted by Crippen LogP contribution is -2.00. The van der Waals surface area contributed by atoms with Crippen molar-refractivity contribution in [2.45, 2.75) is 0 Å². The molecular weight excluding hydrogens is 617 g/mol. The summed E-state index contributed by atoms with van der Waals surface area (Å²) < 4.78 is 12.6. The first-order chi connectivity index (χ1) is 24.7.